The Bertz CT molecular complexity index is 997. The average Bonchev–Trinajstić information content (AvgIpc) is 2.92. The highest BCUT2D eigenvalue weighted by Gasteiger charge is 2.61. The first-order valence-corrected chi connectivity index (χ1v) is 9.54. The van der Waals surface area contributed by atoms with Crippen molar-refractivity contribution in [2.45, 2.75) is 19.3 Å². The molecule has 2 aliphatic heterocycles. The van der Waals surface area contributed by atoms with Crippen molar-refractivity contribution in [2.75, 3.05) is 18.5 Å². The van der Waals surface area contributed by atoms with Crippen molar-refractivity contribution < 1.29 is 28.6 Å². The van der Waals surface area contributed by atoms with Crippen LogP contribution in [0.4, 0.5) is 5.69 Å². The van der Waals surface area contributed by atoms with Crippen LogP contribution in [0.2, 0.25) is 0 Å². The maximum Gasteiger partial charge on any atom is 0.341 e. The lowest BCUT2D eigenvalue weighted by Crippen LogP contribution is -2.48. The molecule has 0 aliphatic carbocycles. The first-order chi connectivity index (χ1) is 13.8. The van der Waals surface area contributed by atoms with E-state index in [0.717, 1.165) is 0 Å². The van der Waals surface area contributed by atoms with Crippen molar-refractivity contribution in [2.24, 2.45) is 5.73 Å². The van der Waals surface area contributed by atoms with Gasteiger partial charge in [0.25, 0.3) is 0 Å². The van der Waals surface area contributed by atoms with Crippen molar-refractivity contribution in [3.63, 3.8) is 0 Å². The Morgan fingerprint density at radius 2 is 2.00 bits per heavy atom. The zero-order chi connectivity index (χ0) is 21.3. The van der Waals surface area contributed by atoms with Crippen LogP contribution in [0.3, 0.4) is 0 Å². The second kappa shape index (κ2) is 7.75. The van der Waals surface area contributed by atoms with Gasteiger partial charge in [0, 0.05) is 15.7 Å². The second-order valence-electron chi connectivity index (χ2n) is 6.27. The fourth-order valence-electron chi connectivity index (χ4n) is 3.57. The van der Waals surface area contributed by atoms with Gasteiger partial charge in [0.05, 0.1) is 6.61 Å². The highest BCUT2D eigenvalue weighted by Crippen LogP contribution is 2.53. The molecular weight excluding hydrogens is 444 g/mol. The molecule has 0 unspecified atom stereocenters. The highest BCUT2D eigenvalue weighted by atomic mass is 79.9. The van der Waals surface area contributed by atoms with E-state index < -0.39 is 23.3 Å². The summed E-state index contributed by atoms with van der Waals surface area (Å²) in [5.74, 6) is -2.60. The largest absolute Gasteiger partial charge is 0.462 e. The summed E-state index contributed by atoms with van der Waals surface area (Å²) in [4.78, 5) is 39.2. The molecule has 0 saturated carbocycles. The third-order valence-corrected chi connectivity index (χ3v) is 5.10. The average molecular weight is 463 g/mol. The van der Waals surface area contributed by atoms with E-state index in [1.807, 2.05) is 0 Å². The van der Waals surface area contributed by atoms with Crippen LogP contribution in [-0.4, -0.2) is 31.1 Å². The fourth-order valence-corrected chi connectivity index (χ4v) is 3.93. The van der Waals surface area contributed by atoms with Crippen LogP contribution in [-0.2, 0) is 34.0 Å². The normalized spacial score (nSPS) is 20.2. The third kappa shape index (κ3) is 3.11. The van der Waals surface area contributed by atoms with Gasteiger partial charge >= 0.3 is 11.9 Å². The maximum absolute atomic E-state index is 13.4. The topological polar surface area (TPSA) is 117 Å². The van der Waals surface area contributed by atoms with Crippen LogP contribution < -0.4 is 11.1 Å². The van der Waals surface area contributed by atoms with Gasteiger partial charge in [-0.15, -0.1) is 0 Å². The molecule has 1 aromatic rings. The molecule has 0 fully saturated rings. The van der Waals surface area contributed by atoms with E-state index in [1.54, 1.807) is 25.1 Å². The molecule has 3 N–H and O–H groups in total. The molecule has 2 heterocycles. The number of esters is 2. The van der Waals surface area contributed by atoms with E-state index >= 15 is 0 Å². The molecule has 2 aliphatic rings. The van der Waals surface area contributed by atoms with E-state index in [2.05, 4.69) is 27.8 Å². The van der Waals surface area contributed by atoms with Crippen molar-refractivity contribution >= 4 is 39.5 Å². The van der Waals surface area contributed by atoms with Gasteiger partial charge < -0.3 is 25.3 Å². The zero-order valence-corrected chi connectivity index (χ0v) is 17.4. The van der Waals surface area contributed by atoms with Crippen LogP contribution in [0.5, 0.6) is 0 Å². The lowest BCUT2D eigenvalue weighted by atomic mass is 9.67. The first-order valence-electron chi connectivity index (χ1n) is 8.75. The number of hydrogen-bond donors (Lipinski definition) is 2. The van der Waals surface area contributed by atoms with E-state index in [-0.39, 0.29) is 36.0 Å². The van der Waals surface area contributed by atoms with Crippen LogP contribution in [0.25, 0.3) is 0 Å². The first kappa shape index (κ1) is 20.7. The van der Waals surface area contributed by atoms with Crippen molar-refractivity contribution in [1.29, 1.82) is 0 Å². The third-order valence-electron chi connectivity index (χ3n) is 4.60. The standard InChI is InChI=1S/C20H19BrN2O6/c1-4-8-28-17(24)14-10(3)29-16(22)15(18(25)27-5-2)20(14)12-9-11(21)6-7-13(12)23-19(20)26/h4,6-7,9H,1,5,8,22H2,2-3H3,(H,23,26)/t20-/m0/s1. The van der Waals surface area contributed by atoms with Gasteiger partial charge in [-0.1, -0.05) is 28.6 Å². The lowest BCUT2D eigenvalue weighted by Gasteiger charge is -2.35. The maximum atomic E-state index is 13.4. The molecule has 0 bridgehead atoms. The Morgan fingerprint density at radius 1 is 1.31 bits per heavy atom. The van der Waals surface area contributed by atoms with Gasteiger partial charge in [0.2, 0.25) is 11.8 Å². The van der Waals surface area contributed by atoms with E-state index in [9.17, 15) is 14.4 Å². The number of allylic oxidation sites excluding steroid dienone is 1. The summed E-state index contributed by atoms with van der Waals surface area (Å²) in [5, 5.41) is 2.72. The van der Waals surface area contributed by atoms with E-state index in [0.29, 0.717) is 15.7 Å². The number of benzene rings is 1. The number of fused-ring (bicyclic) bond motifs is 2. The van der Waals surface area contributed by atoms with E-state index in [1.165, 1.54) is 13.0 Å². The molecule has 3 rings (SSSR count). The zero-order valence-electron chi connectivity index (χ0n) is 15.8. The SMILES string of the molecule is C=CCOC(=O)C1=C(C)OC(N)=C(C(=O)OCC)[C@@]12C(=O)Nc1ccc(Br)cc12. The van der Waals surface area contributed by atoms with Gasteiger partial charge in [-0.05, 0) is 32.0 Å². The minimum absolute atomic E-state index is 0.0393. The molecular formula is C20H19BrN2O6. The smallest absolute Gasteiger partial charge is 0.341 e. The van der Waals surface area contributed by atoms with Gasteiger partial charge in [0.15, 0.2) is 0 Å². The Morgan fingerprint density at radius 3 is 2.66 bits per heavy atom. The molecule has 1 spiro atoms. The molecule has 1 aromatic carbocycles. The monoisotopic (exact) mass is 462 g/mol. The number of carbonyl (C=O) groups excluding carboxylic acids is 3. The van der Waals surface area contributed by atoms with Crippen LogP contribution >= 0.6 is 15.9 Å². The minimum atomic E-state index is -1.88. The number of ether oxygens (including phenoxy) is 3. The number of rotatable bonds is 5. The number of halogens is 1. The van der Waals surface area contributed by atoms with Gasteiger partial charge in [-0.25, -0.2) is 9.59 Å². The van der Waals surface area contributed by atoms with Gasteiger partial charge in [0.1, 0.15) is 28.9 Å². The quantitative estimate of drug-likeness (QED) is 0.509. The van der Waals surface area contributed by atoms with Crippen LogP contribution in [0, 0.1) is 0 Å². The number of nitrogens with two attached hydrogens (primary N) is 1. The van der Waals surface area contributed by atoms with Crippen molar-refractivity contribution in [3.05, 3.63) is 63.7 Å². The number of nitrogens with one attached hydrogen (secondary N) is 1. The summed E-state index contributed by atoms with van der Waals surface area (Å²) in [6, 6.07) is 5.02. The summed E-state index contributed by atoms with van der Waals surface area (Å²) in [6.07, 6.45) is 1.39. The molecule has 152 valence electrons. The predicted octanol–water partition coefficient (Wildman–Crippen LogP) is 2.41. The fraction of sp³-hybridized carbons (Fsp3) is 0.250. The highest BCUT2D eigenvalue weighted by molar-refractivity contribution is 9.10. The molecule has 0 radical (unpaired) electrons. The summed E-state index contributed by atoms with van der Waals surface area (Å²) in [5.41, 5.74) is 4.52. The Labute approximate surface area is 175 Å². The van der Waals surface area contributed by atoms with Crippen LogP contribution in [0.15, 0.2) is 58.1 Å². The number of carbonyl (C=O) groups is 3. The number of amides is 1. The molecule has 1 amide bonds. The summed E-state index contributed by atoms with van der Waals surface area (Å²) in [6.45, 7) is 6.56. The number of hydrogen-bond acceptors (Lipinski definition) is 7. The minimum Gasteiger partial charge on any atom is -0.462 e. The predicted molar refractivity (Wildman–Crippen MR) is 107 cm³/mol. The van der Waals surface area contributed by atoms with Gasteiger partial charge in [-0.2, -0.15) is 0 Å². The van der Waals surface area contributed by atoms with Crippen molar-refractivity contribution in [3.8, 4) is 0 Å². The van der Waals surface area contributed by atoms with E-state index in [4.69, 9.17) is 19.9 Å². The lowest BCUT2D eigenvalue weighted by molar-refractivity contribution is -0.142. The molecule has 0 saturated heterocycles. The summed E-state index contributed by atoms with van der Waals surface area (Å²) in [7, 11) is 0. The molecule has 1 atom stereocenters. The molecule has 0 aromatic heterocycles. The Balaban J connectivity index is 2.36. The van der Waals surface area contributed by atoms with Gasteiger partial charge in [-0.3, -0.25) is 4.79 Å². The number of anilines is 1. The molecule has 8 nitrogen and oxygen atoms in total. The van der Waals surface area contributed by atoms with Crippen molar-refractivity contribution in [1.82, 2.24) is 0 Å². The summed E-state index contributed by atoms with van der Waals surface area (Å²) < 4.78 is 16.5. The second-order valence-corrected chi connectivity index (χ2v) is 7.19. The molecule has 29 heavy (non-hydrogen) atoms. The van der Waals surface area contributed by atoms with Crippen LogP contribution in [0.1, 0.15) is 19.4 Å². The Kier molecular flexibility index (Phi) is 5.52. The summed E-state index contributed by atoms with van der Waals surface area (Å²) >= 11 is 3.37. The molecule has 9 heteroatoms. The Hall–Kier alpha value is -3.07.